The molecular weight excluding hydrogens is 230 g/mol. The second kappa shape index (κ2) is 4.50. The maximum absolute atomic E-state index is 5.81. The summed E-state index contributed by atoms with van der Waals surface area (Å²) < 4.78 is 0.422. The molecular formula is C6H5ClN3OS2. The molecule has 1 aromatic heterocycles. The summed E-state index contributed by atoms with van der Waals surface area (Å²) in [5.74, 6) is 0. The molecule has 0 bridgehead atoms. The lowest BCUT2D eigenvalue weighted by Crippen LogP contribution is -2.03. The Balaban J connectivity index is 3.11. The highest BCUT2D eigenvalue weighted by Crippen LogP contribution is 2.26. The average Bonchev–Trinajstić information content (AvgIpc) is 2.41. The third-order valence-corrected chi connectivity index (χ3v) is 2.38. The van der Waals surface area contributed by atoms with Crippen molar-refractivity contribution in [3.63, 3.8) is 0 Å². The smallest absolute Gasteiger partial charge is 0.182 e. The molecule has 1 radical (unpaired) electrons. The van der Waals surface area contributed by atoms with Crippen LogP contribution in [0.4, 0.5) is 5.13 Å². The van der Waals surface area contributed by atoms with Gasteiger partial charge >= 0.3 is 0 Å². The van der Waals surface area contributed by atoms with E-state index in [4.69, 9.17) is 17.3 Å². The second-order valence-corrected chi connectivity index (χ2v) is 3.74. The number of aromatic nitrogens is 1. The Labute approximate surface area is 89.4 Å². The highest BCUT2D eigenvalue weighted by Gasteiger charge is 2.12. The number of anilines is 1. The number of nitrogens with two attached hydrogens (primary N) is 1. The lowest BCUT2D eigenvalue weighted by molar-refractivity contribution is 0.214. The van der Waals surface area contributed by atoms with Gasteiger partial charge in [0.1, 0.15) is 17.1 Å². The fraction of sp³-hybridized carbons (Fsp3) is 0.167. The van der Waals surface area contributed by atoms with E-state index in [0.29, 0.717) is 15.2 Å². The van der Waals surface area contributed by atoms with E-state index in [1.54, 1.807) is 0 Å². The zero-order valence-corrected chi connectivity index (χ0v) is 8.96. The molecule has 0 unspecified atom stereocenters. The van der Waals surface area contributed by atoms with Gasteiger partial charge in [-0.3, -0.25) is 0 Å². The number of thiazole rings is 1. The van der Waals surface area contributed by atoms with Crippen LogP contribution >= 0.6 is 35.2 Å². The Morgan fingerprint density at radius 3 is 2.92 bits per heavy atom. The first-order valence-corrected chi connectivity index (χ1v) is 4.70. The average molecular weight is 235 g/mol. The monoisotopic (exact) mass is 234 g/mol. The Hall–Kier alpha value is -0.720. The molecule has 0 aliphatic rings. The van der Waals surface area contributed by atoms with E-state index in [9.17, 15) is 0 Å². The summed E-state index contributed by atoms with van der Waals surface area (Å²) in [5.41, 5.74) is 6.11. The van der Waals surface area contributed by atoms with Crippen LogP contribution in [-0.2, 0) is 4.84 Å². The molecule has 0 spiro atoms. The van der Waals surface area contributed by atoms with Crippen LogP contribution in [0.3, 0.4) is 0 Å². The molecule has 7 heteroatoms. The molecule has 0 saturated heterocycles. The van der Waals surface area contributed by atoms with Gasteiger partial charge in [0.2, 0.25) is 0 Å². The van der Waals surface area contributed by atoms with Gasteiger partial charge in [-0.05, 0) is 0 Å². The van der Waals surface area contributed by atoms with Crippen LogP contribution in [0.25, 0.3) is 0 Å². The molecule has 1 aromatic rings. The Bertz CT molecular complexity index is 350. The Morgan fingerprint density at radius 2 is 2.54 bits per heavy atom. The van der Waals surface area contributed by atoms with Gasteiger partial charge in [0.15, 0.2) is 10.8 Å². The van der Waals surface area contributed by atoms with E-state index in [1.807, 2.05) is 0 Å². The minimum Gasteiger partial charge on any atom is -0.399 e. The van der Waals surface area contributed by atoms with Crippen molar-refractivity contribution in [2.24, 2.45) is 5.16 Å². The van der Waals surface area contributed by atoms with Gasteiger partial charge in [0.05, 0.1) is 5.37 Å². The summed E-state index contributed by atoms with van der Waals surface area (Å²) in [7, 11) is 1.40. The third kappa shape index (κ3) is 2.36. The largest absolute Gasteiger partial charge is 0.399 e. The zero-order chi connectivity index (χ0) is 9.84. The van der Waals surface area contributed by atoms with Gasteiger partial charge in [-0.25, -0.2) is 4.98 Å². The normalized spacial score (nSPS) is 11.4. The Kier molecular flexibility index (Phi) is 3.58. The number of nitrogens with zero attached hydrogens (tertiary/aromatic N) is 2. The number of nitrogen functional groups attached to an aromatic ring is 1. The van der Waals surface area contributed by atoms with Crippen LogP contribution in [0.15, 0.2) is 5.16 Å². The molecule has 4 nitrogen and oxygen atoms in total. The Morgan fingerprint density at radius 1 is 1.85 bits per heavy atom. The van der Waals surface area contributed by atoms with Gasteiger partial charge < -0.3 is 10.6 Å². The molecule has 0 aliphatic heterocycles. The maximum atomic E-state index is 5.81. The van der Waals surface area contributed by atoms with Crippen molar-refractivity contribution in [1.29, 1.82) is 0 Å². The predicted molar refractivity (Wildman–Crippen MR) is 57.7 cm³/mol. The van der Waals surface area contributed by atoms with Crippen molar-refractivity contribution < 1.29 is 4.84 Å². The van der Waals surface area contributed by atoms with Gasteiger partial charge in [0.25, 0.3) is 0 Å². The van der Waals surface area contributed by atoms with Crippen LogP contribution in [0.1, 0.15) is 5.69 Å². The first-order valence-electron chi connectivity index (χ1n) is 3.10. The molecule has 0 atom stereocenters. The fourth-order valence-corrected chi connectivity index (χ4v) is 1.73. The minimum absolute atomic E-state index is 0.274. The van der Waals surface area contributed by atoms with Gasteiger partial charge in [-0.15, -0.1) is 0 Å². The number of hydrogen-bond donors (Lipinski definition) is 1. The first-order chi connectivity index (χ1) is 6.19. The van der Waals surface area contributed by atoms with E-state index in [1.165, 1.54) is 7.11 Å². The highest BCUT2D eigenvalue weighted by molar-refractivity contribution is 7.80. The fourth-order valence-electron chi connectivity index (χ4n) is 0.665. The predicted octanol–water partition coefficient (Wildman–Crippen LogP) is 1.61. The van der Waals surface area contributed by atoms with Crippen LogP contribution in [0.2, 0.25) is 4.34 Å². The van der Waals surface area contributed by atoms with Crippen LogP contribution in [0.5, 0.6) is 0 Å². The quantitative estimate of drug-likeness (QED) is 0.490. The topological polar surface area (TPSA) is 60.5 Å². The van der Waals surface area contributed by atoms with E-state index < -0.39 is 0 Å². The molecule has 0 saturated carbocycles. The molecule has 0 amide bonds. The summed E-state index contributed by atoms with van der Waals surface area (Å²) in [4.78, 5) is 8.46. The number of rotatable bonds is 3. The first kappa shape index (κ1) is 10.4. The molecule has 69 valence electrons. The van der Waals surface area contributed by atoms with Gasteiger partial charge in [-0.1, -0.05) is 40.3 Å². The summed E-state index contributed by atoms with van der Waals surface area (Å²) in [5, 5.41) is 6.33. The molecule has 2 N–H and O–H groups in total. The van der Waals surface area contributed by atoms with Crippen LogP contribution in [0, 0.1) is 0 Å². The summed E-state index contributed by atoms with van der Waals surface area (Å²) in [6, 6.07) is 0. The van der Waals surface area contributed by atoms with Crippen molar-refractivity contribution >= 4 is 51.4 Å². The highest BCUT2D eigenvalue weighted by atomic mass is 35.5. The molecule has 0 fully saturated rings. The van der Waals surface area contributed by atoms with Crippen LogP contribution in [-0.4, -0.2) is 23.2 Å². The maximum Gasteiger partial charge on any atom is 0.182 e. The van der Waals surface area contributed by atoms with Crippen LogP contribution < -0.4 is 5.73 Å². The number of hydrogen-bond acceptors (Lipinski definition) is 6. The number of thiocarbonyl (C=S) groups is 1. The molecule has 1 rings (SSSR count). The third-order valence-electron chi connectivity index (χ3n) is 1.11. The molecule has 13 heavy (non-hydrogen) atoms. The van der Waals surface area contributed by atoms with Crippen molar-refractivity contribution in [2.75, 3.05) is 12.8 Å². The second-order valence-electron chi connectivity index (χ2n) is 1.90. The molecule has 0 aliphatic carbocycles. The zero-order valence-electron chi connectivity index (χ0n) is 6.57. The van der Waals surface area contributed by atoms with Gasteiger partial charge in [-0.2, -0.15) is 0 Å². The van der Waals surface area contributed by atoms with Gasteiger partial charge in [0, 0.05) is 0 Å². The minimum atomic E-state index is 0.274. The van der Waals surface area contributed by atoms with Crippen molar-refractivity contribution in [3.05, 3.63) is 10.0 Å². The van der Waals surface area contributed by atoms with Crippen molar-refractivity contribution in [1.82, 2.24) is 4.98 Å². The number of oxime groups is 1. The number of halogens is 1. The lowest BCUT2D eigenvalue weighted by Gasteiger charge is -1.93. The van der Waals surface area contributed by atoms with Crippen molar-refractivity contribution in [2.45, 2.75) is 0 Å². The van der Waals surface area contributed by atoms with E-state index in [0.717, 1.165) is 11.3 Å². The summed E-state index contributed by atoms with van der Waals surface area (Å²) in [6.45, 7) is 0. The van der Waals surface area contributed by atoms with E-state index >= 15 is 0 Å². The van der Waals surface area contributed by atoms with Crippen molar-refractivity contribution in [3.8, 4) is 0 Å². The van der Waals surface area contributed by atoms with E-state index in [2.05, 4.69) is 32.6 Å². The molecule has 1 heterocycles. The SMILES string of the molecule is CON=C([C]=S)c1nc(N)sc1Cl. The standard InChI is InChI=1S/C6H5ClN3OS2/c1-11-10-3(2-12)4-5(7)13-6(8)9-4/h1H3,(H2,8,9). The molecule has 0 aromatic carbocycles. The van der Waals surface area contributed by atoms with E-state index in [-0.39, 0.29) is 5.71 Å². The summed E-state index contributed by atoms with van der Waals surface area (Å²) in [6.07, 6.45) is 0. The lowest BCUT2D eigenvalue weighted by atomic mass is 10.3. The summed E-state index contributed by atoms with van der Waals surface area (Å²) >= 11 is 11.6.